The first-order chi connectivity index (χ1) is 9.89. The second kappa shape index (κ2) is 4.28. The van der Waals surface area contributed by atoms with E-state index < -0.39 is 5.82 Å². The molecule has 4 saturated carbocycles. The minimum absolute atomic E-state index is 0.0204. The van der Waals surface area contributed by atoms with Crippen molar-refractivity contribution in [2.45, 2.75) is 51.5 Å². The molecule has 0 amide bonds. The fourth-order valence-electron chi connectivity index (χ4n) is 6.24. The van der Waals surface area contributed by atoms with E-state index in [2.05, 4.69) is 6.92 Å². The van der Waals surface area contributed by atoms with Crippen LogP contribution in [-0.2, 0) is 0 Å². The van der Waals surface area contributed by atoms with E-state index in [1.54, 1.807) is 0 Å². The van der Waals surface area contributed by atoms with E-state index >= 15 is 0 Å². The summed E-state index contributed by atoms with van der Waals surface area (Å²) in [5.41, 5.74) is 7.24. The topological polar surface area (TPSA) is 26.0 Å². The molecule has 4 aliphatic rings. The molecule has 0 saturated heterocycles. The predicted octanol–water partition coefficient (Wildman–Crippen LogP) is 4.57. The van der Waals surface area contributed by atoms with Gasteiger partial charge in [0.2, 0.25) is 0 Å². The normalized spacial score (nSPS) is 42.3. The molecule has 3 atom stereocenters. The SMILES string of the molecule is CC12CC3CC(C1)CC(C(N)c1cc(F)ccc1F)(C3)C2. The summed E-state index contributed by atoms with van der Waals surface area (Å²) in [5, 5.41) is 0. The molecular weight excluding hydrogens is 268 g/mol. The van der Waals surface area contributed by atoms with Crippen LogP contribution in [-0.4, -0.2) is 0 Å². The third kappa shape index (κ3) is 2.04. The highest BCUT2D eigenvalue weighted by Crippen LogP contribution is 2.67. The van der Waals surface area contributed by atoms with Crippen LogP contribution in [0.4, 0.5) is 8.78 Å². The van der Waals surface area contributed by atoms with Crippen molar-refractivity contribution in [3.63, 3.8) is 0 Å². The first-order valence-corrected chi connectivity index (χ1v) is 8.10. The highest BCUT2D eigenvalue weighted by molar-refractivity contribution is 5.26. The second-order valence-electron chi connectivity index (χ2n) is 8.28. The molecule has 4 fully saturated rings. The molecule has 114 valence electrons. The zero-order valence-electron chi connectivity index (χ0n) is 12.5. The van der Waals surface area contributed by atoms with Crippen molar-refractivity contribution in [1.82, 2.24) is 0 Å². The lowest BCUT2D eigenvalue weighted by atomic mass is 9.43. The molecule has 5 rings (SSSR count). The highest BCUT2D eigenvalue weighted by Gasteiger charge is 2.58. The molecule has 3 unspecified atom stereocenters. The van der Waals surface area contributed by atoms with Crippen molar-refractivity contribution >= 4 is 0 Å². The van der Waals surface area contributed by atoms with Crippen molar-refractivity contribution in [2.24, 2.45) is 28.4 Å². The zero-order valence-corrected chi connectivity index (χ0v) is 12.5. The van der Waals surface area contributed by atoms with Crippen molar-refractivity contribution in [3.8, 4) is 0 Å². The minimum Gasteiger partial charge on any atom is -0.323 e. The fraction of sp³-hybridized carbons (Fsp3) is 0.667. The fourth-order valence-corrected chi connectivity index (χ4v) is 6.24. The highest BCUT2D eigenvalue weighted by atomic mass is 19.1. The van der Waals surface area contributed by atoms with Crippen LogP contribution in [0.2, 0.25) is 0 Å². The molecular formula is C18H23F2N. The molecule has 1 aromatic carbocycles. The van der Waals surface area contributed by atoms with E-state index in [9.17, 15) is 8.78 Å². The van der Waals surface area contributed by atoms with E-state index in [-0.39, 0.29) is 17.3 Å². The molecule has 0 spiro atoms. The average Bonchev–Trinajstić information content (AvgIpc) is 2.38. The van der Waals surface area contributed by atoms with E-state index in [0.29, 0.717) is 11.0 Å². The Morgan fingerprint density at radius 3 is 2.43 bits per heavy atom. The van der Waals surface area contributed by atoms with Gasteiger partial charge in [-0.1, -0.05) is 6.92 Å². The van der Waals surface area contributed by atoms with E-state index in [0.717, 1.165) is 31.1 Å². The Hall–Kier alpha value is -0.960. The molecule has 3 heteroatoms. The average molecular weight is 291 g/mol. The van der Waals surface area contributed by atoms with E-state index in [4.69, 9.17) is 5.73 Å². The molecule has 0 radical (unpaired) electrons. The quantitative estimate of drug-likeness (QED) is 0.848. The summed E-state index contributed by atoms with van der Waals surface area (Å²) in [5.74, 6) is 0.723. The van der Waals surface area contributed by atoms with Gasteiger partial charge >= 0.3 is 0 Å². The first kappa shape index (κ1) is 13.7. The van der Waals surface area contributed by atoms with Gasteiger partial charge in [-0.25, -0.2) is 8.78 Å². The van der Waals surface area contributed by atoms with E-state index in [1.807, 2.05) is 0 Å². The number of benzene rings is 1. The van der Waals surface area contributed by atoms with Gasteiger partial charge in [-0.2, -0.15) is 0 Å². The third-order valence-corrected chi connectivity index (χ3v) is 6.35. The van der Waals surface area contributed by atoms with Crippen LogP contribution in [0.1, 0.15) is 57.1 Å². The monoisotopic (exact) mass is 291 g/mol. The number of halogens is 2. The zero-order chi connectivity index (χ0) is 14.8. The lowest BCUT2D eigenvalue weighted by Gasteiger charge is -2.63. The molecule has 4 bridgehead atoms. The number of hydrogen-bond acceptors (Lipinski definition) is 1. The molecule has 0 heterocycles. The first-order valence-electron chi connectivity index (χ1n) is 8.10. The van der Waals surface area contributed by atoms with Gasteiger partial charge in [0.25, 0.3) is 0 Å². The maximum Gasteiger partial charge on any atom is 0.128 e. The van der Waals surface area contributed by atoms with Crippen LogP contribution in [0.3, 0.4) is 0 Å². The smallest absolute Gasteiger partial charge is 0.128 e. The summed E-state index contributed by atoms with van der Waals surface area (Å²) in [6, 6.07) is 3.32. The molecule has 2 N–H and O–H groups in total. The molecule has 1 nitrogen and oxygen atoms in total. The maximum atomic E-state index is 14.2. The van der Waals surface area contributed by atoms with Gasteiger partial charge in [0, 0.05) is 11.6 Å². The summed E-state index contributed by atoms with van der Waals surface area (Å²) in [6.45, 7) is 2.37. The third-order valence-electron chi connectivity index (χ3n) is 6.35. The molecule has 0 aliphatic heterocycles. The molecule has 0 aromatic heterocycles. The van der Waals surface area contributed by atoms with Gasteiger partial charge < -0.3 is 5.73 Å². The van der Waals surface area contributed by atoms with Crippen molar-refractivity contribution in [1.29, 1.82) is 0 Å². The van der Waals surface area contributed by atoms with Crippen molar-refractivity contribution < 1.29 is 8.78 Å². The second-order valence-corrected chi connectivity index (χ2v) is 8.28. The Balaban J connectivity index is 1.73. The van der Waals surface area contributed by atoms with Crippen LogP contribution < -0.4 is 5.73 Å². The lowest BCUT2D eigenvalue weighted by Crippen LogP contribution is -2.54. The van der Waals surface area contributed by atoms with Crippen LogP contribution in [0.25, 0.3) is 0 Å². The number of rotatable bonds is 2. The summed E-state index contributed by atoms with van der Waals surface area (Å²) in [6.07, 6.45) is 7.17. The van der Waals surface area contributed by atoms with Gasteiger partial charge in [-0.15, -0.1) is 0 Å². The van der Waals surface area contributed by atoms with Crippen molar-refractivity contribution in [3.05, 3.63) is 35.4 Å². The van der Waals surface area contributed by atoms with Gasteiger partial charge in [0.05, 0.1) is 0 Å². The Bertz CT molecular complexity index is 569. The minimum atomic E-state index is -0.391. The molecule has 4 aliphatic carbocycles. The summed E-state index contributed by atoms with van der Waals surface area (Å²) in [4.78, 5) is 0. The Kier molecular flexibility index (Phi) is 2.79. The van der Waals surface area contributed by atoms with Gasteiger partial charge in [-0.05, 0) is 79.4 Å². The predicted molar refractivity (Wildman–Crippen MR) is 78.5 cm³/mol. The summed E-state index contributed by atoms with van der Waals surface area (Å²) >= 11 is 0. The van der Waals surface area contributed by atoms with Crippen LogP contribution in [0, 0.1) is 34.3 Å². The Labute approximate surface area is 124 Å². The number of nitrogens with two attached hydrogens (primary N) is 1. The molecule has 21 heavy (non-hydrogen) atoms. The van der Waals surface area contributed by atoms with Crippen LogP contribution >= 0.6 is 0 Å². The Morgan fingerprint density at radius 1 is 1.14 bits per heavy atom. The summed E-state index contributed by atoms with van der Waals surface area (Å²) in [7, 11) is 0. The van der Waals surface area contributed by atoms with Crippen LogP contribution in [0.5, 0.6) is 0 Å². The van der Waals surface area contributed by atoms with Crippen molar-refractivity contribution in [2.75, 3.05) is 0 Å². The lowest BCUT2D eigenvalue weighted by molar-refractivity contribution is -0.114. The van der Waals surface area contributed by atoms with Gasteiger partial charge in [-0.3, -0.25) is 0 Å². The summed E-state index contributed by atoms with van der Waals surface area (Å²) < 4.78 is 27.7. The molecule has 1 aromatic rings. The van der Waals surface area contributed by atoms with Crippen LogP contribution in [0.15, 0.2) is 18.2 Å². The Morgan fingerprint density at radius 2 is 1.81 bits per heavy atom. The van der Waals surface area contributed by atoms with E-state index in [1.165, 1.54) is 37.5 Å². The standard InChI is InChI=1S/C18H23F2N/c1-17-6-11-4-12(7-17)9-18(8-11,10-17)16(21)14-5-13(19)2-3-15(14)20/h2-3,5,11-12,16H,4,6-10,21H2,1H3. The number of hydrogen-bond donors (Lipinski definition) is 1. The maximum absolute atomic E-state index is 14.2. The largest absolute Gasteiger partial charge is 0.323 e. The van der Waals surface area contributed by atoms with Gasteiger partial charge in [0.1, 0.15) is 11.6 Å². The van der Waals surface area contributed by atoms with Gasteiger partial charge in [0.15, 0.2) is 0 Å².